The molecule has 1 aromatic rings. The fourth-order valence-corrected chi connectivity index (χ4v) is 4.30. The van der Waals surface area contributed by atoms with E-state index < -0.39 is 0 Å². The van der Waals surface area contributed by atoms with E-state index in [0.717, 1.165) is 25.0 Å². The molecule has 1 aliphatic heterocycles. The van der Waals surface area contributed by atoms with E-state index in [0.29, 0.717) is 11.1 Å². The number of rotatable bonds is 3. The summed E-state index contributed by atoms with van der Waals surface area (Å²) in [5.74, 6) is 0.571. The van der Waals surface area contributed by atoms with Crippen LogP contribution in [0.2, 0.25) is 5.22 Å². The Kier molecular flexibility index (Phi) is 4.39. The SMILES string of the molecule is CNC(c1ccoc1Cl)C1CCOC2(CCCCC2)C1. The van der Waals surface area contributed by atoms with Gasteiger partial charge in [0.2, 0.25) is 0 Å². The van der Waals surface area contributed by atoms with Crippen LogP contribution in [0.4, 0.5) is 0 Å². The minimum absolute atomic E-state index is 0.131. The van der Waals surface area contributed by atoms with Gasteiger partial charge >= 0.3 is 0 Å². The van der Waals surface area contributed by atoms with Gasteiger partial charge in [-0.3, -0.25) is 0 Å². The van der Waals surface area contributed by atoms with Crippen LogP contribution in [0, 0.1) is 5.92 Å². The number of nitrogens with one attached hydrogen (secondary N) is 1. The van der Waals surface area contributed by atoms with Crippen LogP contribution >= 0.6 is 11.6 Å². The first kappa shape index (κ1) is 14.4. The Hall–Kier alpha value is -0.510. The van der Waals surface area contributed by atoms with E-state index in [1.165, 1.54) is 32.1 Å². The van der Waals surface area contributed by atoms with Crippen LogP contribution in [-0.4, -0.2) is 19.3 Å². The molecule has 1 saturated carbocycles. The molecule has 1 aliphatic carbocycles. The molecule has 0 radical (unpaired) electrons. The van der Waals surface area contributed by atoms with Crippen molar-refractivity contribution in [2.24, 2.45) is 5.92 Å². The first-order chi connectivity index (χ1) is 9.74. The van der Waals surface area contributed by atoms with Gasteiger partial charge in [0.1, 0.15) is 0 Å². The third kappa shape index (κ3) is 2.76. The third-order valence-electron chi connectivity index (χ3n) is 5.06. The van der Waals surface area contributed by atoms with Crippen molar-refractivity contribution in [3.8, 4) is 0 Å². The highest BCUT2D eigenvalue weighted by Crippen LogP contribution is 2.45. The van der Waals surface area contributed by atoms with Crippen molar-refractivity contribution in [3.05, 3.63) is 23.1 Å². The molecule has 2 heterocycles. The van der Waals surface area contributed by atoms with Gasteiger partial charge in [0, 0.05) is 18.2 Å². The topological polar surface area (TPSA) is 34.4 Å². The van der Waals surface area contributed by atoms with Gasteiger partial charge in [0.25, 0.3) is 0 Å². The lowest BCUT2D eigenvalue weighted by Gasteiger charge is -2.45. The third-order valence-corrected chi connectivity index (χ3v) is 5.37. The van der Waals surface area contributed by atoms with Crippen LogP contribution in [0.5, 0.6) is 0 Å². The number of hydrogen-bond donors (Lipinski definition) is 1. The molecule has 1 saturated heterocycles. The van der Waals surface area contributed by atoms with Gasteiger partial charge in [-0.1, -0.05) is 19.3 Å². The summed E-state index contributed by atoms with van der Waals surface area (Å²) in [5.41, 5.74) is 1.22. The maximum Gasteiger partial charge on any atom is 0.197 e. The minimum Gasteiger partial charge on any atom is -0.453 e. The lowest BCUT2D eigenvalue weighted by Crippen LogP contribution is -2.44. The highest BCUT2D eigenvalue weighted by Gasteiger charge is 2.41. The summed E-state index contributed by atoms with van der Waals surface area (Å²) < 4.78 is 11.5. The second-order valence-electron chi connectivity index (χ2n) is 6.26. The van der Waals surface area contributed by atoms with Crippen molar-refractivity contribution in [2.45, 2.75) is 56.6 Å². The number of furan rings is 1. The van der Waals surface area contributed by atoms with Gasteiger partial charge in [-0.15, -0.1) is 0 Å². The maximum atomic E-state index is 6.19. The summed E-state index contributed by atoms with van der Waals surface area (Å²) in [6.45, 7) is 0.873. The normalized spacial score (nSPS) is 27.6. The fourth-order valence-electron chi connectivity index (χ4n) is 4.07. The van der Waals surface area contributed by atoms with E-state index in [1.54, 1.807) is 6.26 Å². The Balaban J connectivity index is 1.76. The number of ether oxygens (including phenoxy) is 1. The van der Waals surface area contributed by atoms with Gasteiger partial charge in [-0.25, -0.2) is 0 Å². The average Bonchev–Trinajstić information content (AvgIpc) is 2.87. The maximum absolute atomic E-state index is 6.19. The van der Waals surface area contributed by atoms with Crippen LogP contribution < -0.4 is 5.32 Å². The van der Waals surface area contributed by atoms with Gasteiger partial charge in [-0.2, -0.15) is 0 Å². The van der Waals surface area contributed by atoms with E-state index in [-0.39, 0.29) is 11.6 Å². The number of halogens is 1. The Morgan fingerprint density at radius 2 is 2.15 bits per heavy atom. The van der Waals surface area contributed by atoms with E-state index in [1.807, 2.05) is 13.1 Å². The molecule has 1 N–H and O–H groups in total. The molecular weight excluding hydrogens is 274 g/mol. The van der Waals surface area contributed by atoms with Crippen molar-refractivity contribution < 1.29 is 9.15 Å². The van der Waals surface area contributed by atoms with Crippen LogP contribution in [0.15, 0.2) is 16.7 Å². The molecule has 112 valence electrons. The number of hydrogen-bond acceptors (Lipinski definition) is 3. The summed E-state index contributed by atoms with van der Waals surface area (Å²) >= 11 is 6.17. The van der Waals surface area contributed by atoms with Crippen LogP contribution in [-0.2, 0) is 4.74 Å². The molecule has 4 heteroatoms. The molecule has 0 bridgehead atoms. The predicted molar refractivity (Wildman–Crippen MR) is 80.0 cm³/mol. The highest BCUT2D eigenvalue weighted by molar-refractivity contribution is 6.29. The van der Waals surface area contributed by atoms with E-state index in [4.69, 9.17) is 20.8 Å². The van der Waals surface area contributed by atoms with Gasteiger partial charge in [-0.05, 0) is 56.3 Å². The Morgan fingerprint density at radius 1 is 1.35 bits per heavy atom. The first-order valence-corrected chi connectivity index (χ1v) is 8.16. The van der Waals surface area contributed by atoms with Gasteiger partial charge in [0.15, 0.2) is 5.22 Å². The highest BCUT2D eigenvalue weighted by atomic mass is 35.5. The standard InChI is InChI=1S/C16H24ClNO2/c1-18-14(13-6-9-19-15(13)17)12-5-10-20-16(11-12)7-3-2-4-8-16/h6,9,12,14,18H,2-5,7-8,10-11H2,1H3. The summed E-state index contributed by atoms with van der Waals surface area (Å²) in [6, 6.07) is 2.26. The molecular formula is C16H24ClNO2. The molecule has 2 fully saturated rings. The molecule has 2 atom stereocenters. The van der Waals surface area contributed by atoms with Crippen molar-refractivity contribution in [1.82, 2.24) is 5.32 Å². The first-order valence-electron chi connectivity index (χ1n) is 7.78. The predicted octanol–water partition coefficient (Wildman–Crippen LogP) is 4.32. The second-order valence-corrected chi connectivity index (χ2v) is 6.60. The summed E-state index contributed by atoms with van der Waals surface area (Å²) in [6.07, 6.45) is 10.3. The molecule has 1 aromatic heterocycles. The quantitative estimate of drug-likeness (QED) is 0.902. The Morgan fingerprint density at radius 3 is 2.80 bits per heavy atom. The second kappa shape index (κ2) is 6.08. The summed E-state index contributed by atoms with van der Waals surface area (Å²) in [4.78, 5) is 0. The molecule has 20 heavy (non-hydrogen) atoms. The molecule has 0 amide bonds. The molecule has 3 rings (SSSR count). The minimum atomic E-state index is 0.131. The van der Waals surface area contributed by atoms with Crippen molar-refractivity contribution in [2.75, 3.05) is 13.7 Å². The largest absolute Gasteiger partial charge is 0.453 e. The molecule has 2 aliphatic rings. The van der Waals surface area contributed by atoms with E-state index in [9.17, 15) is 0 Å². The van der Waals surface area contributed by atoms with Crippen molar-refractivity contribution in [3.63, 3.8) is 0 Å². The van der Waals surface area contributed by atoms with Gasteiger partial charge in [0.05, 0.1) is 11.9 Å². The zero-order chi connectivity index (χ0) is 14.0. The zero-order valence-corrected chi connectivity index (χ0v) is 12.9. The van der Waals surface area contributed by atoms with Crippen molar-refractivity contribution >= 4 is 11.6 Å². The summed E-state index contributed by atoms with van der Waals surface area (Å²) in [7, 11) is 2.01. The van der Waals surface area contributed by atoms with E-state index >= 15 is 0 Å². The molecule has 1 spiro atoms. The molecule has 3 nitrogen and oxygen atoms in total. The van der Waals surface area contributed by atoms with Crippen LogP contribution in [0.3, 0.4) is 0 Å². The van der Waals surface area contributed by atoms with Crippen molar-refractivity contribution in [1.29, 1.82) is 0 Å². The average molecular weight is 298 g/mol. The zero-order valence-electron chi connectivity index (χ0n) is 12.2. The van der Waals surface area contributed by atoms with Gasteiger partial charge < -0.3 is 14.5 Å². The summed E-state index contributed by atoms with van der Waals surface area (Å²) in [5, 5.41) is 3.96. The molecule has 2 unspecified atom stereocenters. The Bertz CT molecular complexity index is 434. The molecule has 0 aromatic carbocycles. The van der Waals surface area contributed by atoms with Crippen LogP contribution in [0.1, 0.15) is 56.6 Å². The fraction of sp³-hybridized carbons (Fsp3) is 0.750. The smallest absolute Gasteiger partial charge is 0.197 e. The van der Waals surface area contributed by atoms with E-state index in [2.05, 4.69) is 5.32 Å². The monoisotopic (exact) mass is 297 g/mol. The van der Waals surface area contributed by atoms with Crippen LogP contribution in [0.25, 0.3) is 0 Å². The Labute approximate surface area is 126 Å². The lowest BCUT2D eigenvalue weighted by molar-refractivity contribution is -0.121. The lowest BCUT2D eigenvalue weighted by atomic mass is 9.73.